The molecule has 4 rings (SSSR count). The molecule has 26 heavy (non-hydrogen) atoms. The van der Waals surface area contributed by atoms with Gasteiger partial charge in [-0.3, -0.25) is 0 Å². The summed E-state index contributed by atoms with van der Waals surface area (Å²) in [5.41, 5.74) is 0.363. The van der Waals surface area contributed by atoms with Crippen LogP contribution in [0.15, 0.2) is 22.7 Å². The first-order valence-electron chi connectivity index (χ1n) is 8.52. The number of hydrogen-bond donors (Lipinski definition) is 1. The molecule has 2 heterocycles. The smallest absolute Gasteiger partial charge is 0.343 e. The van der Waals surface area contributed by atoms with Crippen LogP contribution in [0.5, 0.6) is 5.75 Å². The number of aromatic carboxylic acids is 1. The highest BCUT2D eigenvalue weighted by molar-refractivity contribution is 5.99. The van der Waals surface area contributed by atoms with Crippen LogP contribution in [0.1, 0.15) is 23.2 Å². The van der Waals surface area contributed by atoms with Gasteiger partial charge in [-0.15, -0.1) is 0 Å². The van der Waals surface area contributed by atoms with Crippen molar-refractivity contribution < 1.29 is 28.3 Å². The predicted molar refractivity (Wildman–Crippen MR) is 90.1 cm³/mol. The molecule has 1 aromatic carbocycles. The molecule has 1 aliphatic heterocycles. The molecule has 1 unspecified atom stereocenters. The highest BCUT2D eigenvalue weighted by Gasteiger charge is 2.37. The second kappa shape index (κ2) is 6.60. The summed E-state index contributed by atoms with van der Waals surface area (Å²) < 4.78 is 29.8. The average molecular weight is 362 g/mol. The van der Waals surface area contributed by atoms with Crippen LogP contribution in [0, 0.1) is 11.7 Å². The Labute approximate surface area is 149 Å². The predicted octanol–water partition coefficient (Wildman–Crippen LogP) is 2.80. The van der Waals surface area contributed by atoms with Crippen LogP contribution in [0.25, 0.3) is 11.3 Å². The van der Waals surface area contributed by atoms with Crippen molar-refractivity contribution in [3.05, 3.63) is 29.6 Å². The molecular formula is C18H19FN2O5. The van der Waals surface area contributed by atoms with E-state index in [-0.39, 0.29) is 29.0 Å². The molecule has 1 atom stereocenters. The second-order valence-electron chi connectivity index (χ2n) is 6.56. The van der Waals surface area contributed by atoms with Crippen molar-refractivity contribution in [3.63, 3.8) is 0 Å². The van der Waals surface area contributed by atoms with Gasteiger partial charge in [-0.25, -0.2) is 9.18 Å². The number of anilines is 1. The van der Waals surface area contributed by atoms with E-state index in [0.717, 1.165) is 12.8 Å². The van der Waals surface area contributed by atoms with Crippen molar-refractivity contribution in [2.75, 3.05) is 31.7 Å². The fraction of sp³-hybridized carbons (Fsp3) is 0.444. The molecule has 0 amide bonds. The largest absolute Gasteiger partial charge is 0.494 e. The summed E-state index contributed by atoms with van der Waals surface area (Å²) in [6, 6.07) is 4.05. The van der Waals surface area contributed by atoms with Gasteiger partial charge in [0.25, 0.3) is 0 Å². The number of aromatic nitrogens is 1. The quantitative estimate of drug-likeness (QED) is 0.875. The zero-order valence-corrected chi connectivity index (χ0v) is 14.3. The number of morpholine rings is 1. The van der Waals surface area contributed by atoms with Gasteiger partial charge < -0.3 is 24.0 Å². The SMILES string of the molecule is COc1cc(-c2onc(N3CCOC(C4CC4)C3)c2C(=O)O)ccc1F. The van der Waals surface area contributed by atoms with Crippen molar-refractivity contribution in [3.8, 4) is 17.1 Å². The molecule has 1 N–H and O–H groups in total. The minimum Gasteiger partial charge on any atom is -0.494 e. The Bertz CT molecular complexity index is 833. The highest BCUT2D eigenvalue weighted by Crippen LogP contribution is 2.38. The summed E-state index contributed by atoms with van der Waals surface area (Å²) in [7, 11) is 1.35. The van der Waals surface area contributed by atoms with Gasteiger partial charge >= 0.3 is 5.97 Å². The molecule has 1 aromatic heterocycles. The van der Waals surface area contributed by atoms with E-state index < -0.39 is 11.8 Å². The average Bonchev–Trinajstić information content (AvgIpc) is 3.40. The van der Waals surface area contributed by atoms with Crippen LogP contribution in [0.2, 0.25) is 0 Å². The Kier molecular flexibility index (Phi) is 4.28. The first-order chi connectivity index (χ1) is 12.6. The Morgan fingerprint density at radius 3 is 2.92 bits per heavy atom. The molecule has 2 aromatic rings. The Morgan fingerprint density at radius 2 is 2.23 bits per heavy atom. The maximum absolute atomic E-state index is 13.7. The van der Waals surface area contributed by atoms with E-state index in [1.165, 1.54) is 25.3 Å². The number of halogens is 1. The number of ether oxygens (including phenoxy) is 2. The first kappa shape index (κ1) is 16.8. The van der Waals surface area contributed by atoms with E-state index >= 15 is 0 Å². The van der Waals surface area contributed by atoms with Gasteiger partial charge in [0.05, 0.1) is 19.8 Å². The van der Waals surface area contributed by atoms with E-state index in [1.807, 2.05) is 4.90 Å². The molecule has 1 saturated carbocycles. The van der Waals surface area contributed by atoms with E-state index in [2.05, 4.69) is 5.16 Å². The van der Waals surface area contributed by atoms with Crippen molar-refractivity contribution in [1.29, 1.82) is 0 Å². The highest BCUT2D eigenvalue weighted by atomic mass is 19.1. The summed E-state index contributed by atoms with van der Waals surface area (Å²) in [6.45, 7) is 1.65. The van der Waals surface area contributed by atoms with Gasteiger partial charge in [0.15, 0.2) is 28.7 Å². The van der Waals surface area contributed by atoms with E-state index in [0.29, 0.717) is 31.2 Å². The fourth-order valence-corrected chi connectivity index (χ4v) is 3.31. The minimum atomic E-state index is -1.14. The summed E-state index contributed by atoms with van der Waals surface area (Å²) in [4.78, 5) is 13.8. The van der Waals surface area contributed by atoms with Crippen molar-refractivity contribution in [2.45, 2.75) is 18.9 Å². The number of carbonyl (C=O) groups is 1. The van der Waals surface area contributed by atoms with Crippen LogP contribution < -0.4 is 9.64 Å². The van der Waals surface area contributed by atoms with Gasteiger partial charge in [0.1, 0.15) is 0 Å². The molecule has 0 spiro atoms. The lowest BCUT2D eigenvalue weighted by molar-refractivity contribution is 0.0258. The summed E-state index contributed by atoms with van der Waals surface area (Å²) in [5.74, 6) is -0.761. The molecule has 2 fully saturated rings. The van der Waals surface area contributed by atoms with E-state index in [1.54, 1.807) is 0 Å². The number of benzene rings is 1. The number of carboxylic acid groups (broad SMARTS) is 1. The molecular weight excluding hydrogens is 343 g/mol. The van der Waals surface area contributed by atoms with Crippen molar-refractivity contribution in [2.24, 2.45) is 5.92 Å². The van der Waals surface area contributed by atoms with Crippen LogP contribution in [-0.2, 0) is 4.74 Å². The number of methoxy groups -OCH3 is 1. The first-order valence-corrected chi connectivity index (χ1v) is 8.52. The summed E-state index contributed by atoms with van der Waals surface area (Å²) in [5, 5.41) is 13.7. The second-order valence-corrected chi connectivity index (χ2v) is 6.56. The van der Waals surface area contributed by atoms with Gasteiger partial charge in [0.2, 0.25) is 0 Å². The zero-order valence-electron chi connectivity index (χ0n) is 14.3. The number of nitrogens with zero attached hydrogens (tertiary/aromatic N) is 2. The van der Waals surface area contributed by atoms with Gasteiger partial charge in [0, 0.05) is 18.7 Å². The van der Waals surface area contributed by atoms with Crippen LogP contribution >= 0.6 is 0 Å². The molecule has 138 valence electrons. The summed E-state index contributed by atoms with van der Waals surface area (Å²) in [6.07, 6.45) is 2.38. The third-order valence-corrected chi connectivity index (χ3v) is 4.84. The van der Waals surface area contributed by atoms with Crippen LogP contribution in [0.3, 0.4) is 0 Å². The lowest BCUT2D eigenvalue weighted by atomic mass is 10.1. The van der Waals surface area contributed by atoms with Crippen LogP contribution in [0.4, 0.5) is 10.2 Å². The maximum Gasteiger partial charge on any atom is 0.343 e. The standard InChI is InChI=1S/C18H19FN2O5/c1-24-13-8-11(4-5-12(13)19)16-15(18(22)23)17(20-26-16)21-6-7-25-14(9-21)10-2-3-10/h4-5,8,10,14H,2-3,6-7,9H2,1H3,(H,22,23). The molecule has 1 aliphatic carbocycles. The van der Waals surface area contributed by atoms with E-state index in [4.69, 9.17) is 14.0 Å². The zero-order chi connectivity index (χ0) is 18.3. The normalized spacial score (nSPS) is 20.2. The monoisotopic (exact) mass is 362 g/mol. The lowest BCUT2D eigenvalue weighted by Crippen LogP contribution is -2.44. The van der Waals surface area contributed by atoms with Gasteiger partial charge in [-0.2, -0.15) is 0 Å². The lowest BCUT2D eigenvalue weighted by Gasteiger charge is -2.33. The number of carboxylic acids is 1. The maximum atomic E-state index is 13.7. The molecule has 2 aliphatic rings. The Hall–Kier alpha value is -2.61. The fourth-order valence-electron chi connectivity index (χ4n) is 3.31. The number of rotatable bonds is 5. The van der Waals surface area contributed by atoms with Crippen LogP contribution in [-0.4, -0.2) is 49.1 Å². The third kappa shape index (κ3) is 3.01. The minimum absolute atomic E-state index is 0.0111. The van der Waals surface area contributed by atoms with Gasteiger partial charge in [-0.05, 0) is 37.0 Å². The summed E-state index contributed by atoms with van der Waals surface area (Å²) >= 11 is 0. The molecule has 7 nitrogen and oxygen atoms in total. The molecule has 8 heteroatoms. The van der Waals surface area contributed by atoms with E-state index in [9.17, 15) is 14.3 Å². The number of hydrogen-bond acceptors (Lipinski definition) is 6. The molecule has 0 bridgehead atoms. The topological polar surface area (TPSA) is 85.0 Å². The Morgan fingerprint density at radius 1 is 1.42 bits per heavy atom. The Balaban J connectivity index is 1.70. The molecule has 1 saturated heterocycles. The third-order valence-electron chi connectivity index (χ3n) is 4.84. The van der Waals surface area contributed by atoms with Gasteiger partial charge in [-0.1, -0.05) is 5.16 Å². The van der Waals surface area contributed by atoms with Crippen molar-refractivity contribution >= 4 is 11.8 Å². The molecule has 0 radical (unpaired) electrons. The van der Waals surface area contributed by atoms with Crippen molar-refractivity contribution in [1.82, 2.24) is 5.16 Å².